The number of anilines is 1. The molecule has 1 aromatic heterocycles. The molecule has 6 nitrogen and oxygen atoms in total. The summed E-state index contributed by atoms with van der Waals surface area (Å²) in [5.74, 6) is 0.906. The number of benzene rings is 1. The van der Waals surface area contributed by atoms with Crippen LogP contribution in [0.4, 0.5) is 5.82 Å². The average molecular weight is 361 g/mol. The largest absolute Gasteiger partial charge is 0.360 e. The zero-order valence-electron chi connectivity index (χ0n) is 14.8. The van der Waals surface area contributed by atoms with Crippen molar-refractivity contribution in [1.29, 1.82) is 0 Å². The van der Waals surface area contributed by atoms with E-state index in [1.165, 1.54) is 17.3 Å². The third kappa shape index (κ3) is 5.94. The summed E-state index contributed by atoms with van der Waals surface area (Å²) in [4.78, 5) is 24.2. The molecule has 0 aliphatic heterocycles. The SMILES string of the molecule is Cc1ccc(C(C)NC(=O)CSC(C)C(=O)Nc2cc(C)on2)cc1. The van der Waals surface area contributed by atoms with Gasteiger partial charge in [0, 0.05) is 6.07 Å². The van der Waals surface area contributed by atoms with Crippen LogP contribution in [-0.4, -0.2) is 28.0 Å². The van der Waals surface area contributed by atoms with E-state index in [0.29, 0.717) is 11.6 Å². The molecule has 1 aromatic carbocycles. The van der Waals surface area contributed by atoms with Crippen LogP contribution < -0.4 is 10.6 Å². The second-order valence-electron chi connectivity index (χ2n) is 5.97. The summed E-state index contributed by atoms with van der Waals surface area (Å²) in [6.45, 7) is 7.47. The number of thioether (sulfide) groups is 1. The van der Waals surface area contributed by atoms with Gasteiger partial charge >= 0.3 is 0 Å². The van der Waals surface area contributed by atoms with Crippen molar-refractivity contribution >= 4 is 29.4 Å². The summed E-state index contributed by atoms with van der Waals surface area (Å²) in [7, 11) is 0. The lowest BCUT2D eigenvalue weighted by Crippen LogP contribution is -2.30. The number of rotatable bonds is 7. The molecule has 2 N–H and O–H groups in total. The first kappa shape index (κ1) is 19.1. The van der Waals surface area contributed by atoms with Gasteiger partial charge in [0.25, 0.3) is 0 Å². The summed E-state index contributed by atoms with van der Waals surface area (Å²) >= 11 is 1.28. The number of carbonyl (C=O) groups is 2. The Balaban J connectivity index is 1.76. The molecule has 2 atom stereocenters. The van der Waals surface area contributed by atoms with Crippen molar-refractivity contribution in [3.8, 4) is 0 Å². The number of carbonyl (C=O) groups excluding carboxylic acids is 2. The number of hydrogen-bond donors (Lipinski definition) is 2. The molecule has 0 aliphatic rings. The first-order valence-electron chi connectivity index (χ1n) is 8.07. The Kier molecular flexibility index (Phi) is 6.64. The van der Waals surface area contributed by atoms with E-state index in [1.54, 1.807) is 19.9 Å². The van der Waals surface area contributed by atoms with Crippen LogP contribution in [0.25, 0.3) is 0 Å². The van der Waals surface area contributed by atoms with Gasteiger partial charge in [-0.2, -0.15) is 0 Å². The van der Waals surface area contributed by atoms with Crippen LogP contribution in [0.15, 0.2) is 34.9 Å². The van der Waals surface area contributed by atoms with Gasteiger partial charge in [0.1, 0.15) is 5.76 Å². The van der Waals surface area contributed by atoms with Crippen LogP contribution in [0.1, 0.15) is 36.8 Å². The average Bonchev–Trinajstić information content (AvgIpc) is 2.98. The maximum absolute atomic E-state index is 12.1. The standard InChI is InChI=1S/C18H23N3O3S/c1-11-5-7-15(8-6-11)13(3)19-17(22)10-25-14(4)18(23)20-16-9-12(2)24-21-16/h5-9,13-14H,10H2,1-4H3,(H,19,22)(H,20,21,23). The van der Waals surface area contributed by atoms with Gasteiger partial charge in [0.2, 0.25) is 11.8 Å². The second kappa shape index (κ2) is 8.71. The van der Waals surface area contributed by atoms with Gasteiger partial charge < -0.3 is 15.2 Å². The molecule has 0 fully saturated rings. The fraction of sp³-hybridized carbons (Fsp3) is 0.389. The number of amides is 2. The van der Waals surface area contributed by atoms with Crippen molar-refractivity contribution in [2.45, 2.75) is 39.0 Å². The van der Waals surface area contributed by atoms with Gasteiger partial charge in [0.05, 0.1) is 17.0 Å². The minimum absolute atomic E-state index is 0.0732. The Labute approximate surface area is 151 Å². The van der Waals surface area contributed by atoms with Crippen LogP contribution in [-0.2, 0) is 9.59 Å². The van der Waals surface area contributed by atoms with Crippen molar-refractivity contribution in [2.75, 3.05) is 11.1 Å². The topological polar surface area (TPSA) is 84.2 Å². The molecule has 1 heterocycles. The fourth-order valence-electron chi connectivity index (χ4n) is 2.15. The second-order valence-corrected chi connectivity index (χ2v) is 7.29. The molecule has 0 aliphatic carbocycles. The Morgan fingerprint density at radius 2 is 1.88 bits per heavy atom. The van der Waals surface area contributed by atoms with E-state index in [0.717, 1.165) is 5.56 Å². The predicted molar refractivity (Wildman–Crippen MR) is 99.5 cm³/mol. The van der Waals surface area contributed by atoms with Gasteiger partial charge in [-0.05, 0) is 33.3 Å². The maximum Gasteiger partial charge on any atom is 0.238 e. The summed E-state index contributed by atoms with van der Waals surface area (Å²) < 4.78 is 4.90. The molecular formula is C18H23N3O3S. The van der Waals surface area contributed by atoms with Crippen LogP contribution >= 0.6 is 11.8 Å². The predicted octanol–water partition coefficient (Wildman–Crippen LogP) is 3.23. The van der Waals surface area contributed by atoms with E-state index in [4.69, 9.17) is 4.52 Å². The van der Waals surface area contributed by atoms with E-state index in [1.807, 2.05) is 38.1 Å². The third-order valence-electron chi connectivity index (χ3n) is 3.67. The molecule has 0 bridgehead atoms. The van der Waals surface area contributed by atoms with E-state index in [-0.39, 0.29) is 28.9 Å². The van der Waals surface area contributed by atoms with Crippen LogP contribution in [0.5, 0.6) is 0 Å². The minimum atomic E-state index is -0.377. The van der Waals surface area contributed by atoms with Gasteiger partial charge in [-0.3, -0.25) is 9.59 Å². The molecule has 0 saturated carbocycles. The van der Waals surface area contributed by atoms with Crippen molar-refractivity contribution in [1.82, 2.24) is 10.5 Å². The highest BCUT2D eigenvalue weighted by Crippen LogP contribution is 2.16. The highest BCUT2D eigenvalue weighted by atomic mass is 32.2. The summed E-state index contributed by atoms with van der Waals surface area (Å²) in [6.07, 6.45) is 0. The lowest BCUT2D eigenvalue weighted by Gasteiger charge is -2.15. The molecule has 134 valence electrons. The first-order valence-corrected chi connectivity index (χ1v) is 9.11. The quantitative estimate of drug-likeness (QED) is 0.791. The number of nitrogens with zero attached hydrogens (tertiary/aromatic N) is 1. The Bertz CT molecular complexity index is 727. The highest BCUT2D eigenvalue weighted by Gasteiger charge is 2.17. The van der Waals surface area contributed by atoms with Gasteiger partial charge in [-0.25, -0.2) is 0 Å². The summed E-state index contributed by atoms with van der Waals surface area (Å²) in [6, 6.07) is 9.61. The fourth-order valence-corrected chi connectivity index (χ4v) is 2.85. The van der Waals surface area contributed by atoms with Crippen molar-refractivity contribution in [3.63, 3.8) is 0 Å². The Morgan fingerprint density at radius 3 is 2.48 bits per heavy atom. The molecular weight excluding hydrogens is 338 g/mol. The van der Waals surface area contributed by atoms with Crippen LogP contribution in [0.2, 0.25) is 0 Å². The third-order valence-corrected chi connectivity index (χ3v) is 4.81. The smallest absolute Gasteiger partial charge is 0.238 e. The molecule has 2 rings (SSSR count). The molecule has 0 saturated heterocycles. The molecule has 0 radical (unpaired) electrons. The summed E-state index contributed by atoms with van der Waals surface area (Å²) in [5, 5.41) is 8.95. The van der Waals surface area contributed by atoms with Crippen molar-refractivity contribution in [2.24, 2.45) is 0 Å². The van der Waals surface area contributed by atoms with Crippen molar-refractivity contribution in [3.05, 3.63) is 47.2 Å². The summed E-state index contributed by atoms with van der Waals surface area (Å²) in [5.41, 5.74) is 2.23. The first-order chi connectivity index (χ1) is 11.8. The van der Waals surface area contributed by atoms with Crippen molar-refractivity contribution < 1.29 is 14.1 Å². The molecule has 2 unspecified atom stereocenters. The number of aryl methyl sites for hydroxylation is 2. The lowest BCUT2D eigenvalue weighted by molar-refractivity contribution is -0.119. The van der Waals surface area contributed by atoms with E-state index >= 15 is 0 Å². The minimum Gasteiger partial charge on any atom is -0.360 e. The molecule has 7 heteroatoms. The van der Waals surface area contributed by atoms with Gasteiger partial charge in [-0.15, -0.1) is 11.8 Å². The lowest BCUT2D eigenvalue weighted by atomic mass is 10.1. The zero-order chi connectivity index (χ0) is 18.4. The number of hydrogen-bond acceptors (Lipinski definition) is 5. The Hall–Kier alpha value is -2.28. The molecule has 2 amide bonds. The van der Waals surface area contributed by atoms with Gasteiger partial charge in [0.15, 0.2) is 5.82 Å². The van der Waals surface area contributed by atoms with Crippen LogP contribution in [0.3, 0.4) is 0 Å². The highest BCUT2D eigenvalue weighted by molar-refractivity contribution is 8.01. The molecule has 25 heavy (non-hydrogen) atoms. The normalized spacial score (nSPS) is 13.1. The zero-order valence-corrected chi connectivity index (χ0v) is 15.6. The maximum atomic E-state index is 12.1. The Morgan fingerprint density at radius 1 is 1.20 bits per heavy atom. The van der Waals surface area contributed by atoms with E-state index < -0.39 is 0 Å². The number of nitrogens with one attached hydrogen (secondary N) is 2. The van der Waals surface area contributed by atoms with E-state index in [2.05, 4.69) is 15.8 Å². The van der Waals surface area contributed by atoms with Crippen LogP contribution in [0, 0.1) is 13.8 Å². The molecule has 2 aromatic rings. The van der Waals surface area contributed by atoms with E-state index in [9.17, 15) is 9.59 Å². The molecule has 0 spiro atoms. The monoisotopic (exact) mass is 361 g/mol. The number of aromatic nitrogens is 1. The van der Waals surface area contributed by atoms with Gasteiger partial charge in [-0.1, -0.05) is 35.0 Å².